The van der Waals surface area contributed by atoms with Gasteiger partial charge in [-0.25, -0.2) is 0 Å². The first-order valence-corrected chi connectivity index (χ1v) is 10.1. The van der Waals surface area contributed by atoms with Crippen LogP contribution in [-0.4, -0.2) is 22.8 Å². The highest BCUT2D eigenvalue weighted by Crippen LogP contribution is 2.16. The van der Waals surface area contributed by atoms with Crippen LogP contribution in [0.1, 0.15) is 110 Å². The maximum Gasteiger partial charge on any atom is 0.306 e. The summed E-state index contributed by atoms with van der Waals surface area (Å²) in [7, 11) is 0. The highest BCUT2D eigenvalue weighted by molar-refractivity contribution is 5.69. The lowest BCUT2D eigenvalue weighted by Crippen LogP contribution is -2.12. The highest BCUT2D eigenvalue weighted by Gasteiger charge is 2.13. The highest BCUT2D eigenvalue weighted by atomic mass is 16.4. The third-order valence-electron chi connectivity index (χ3n) is 4.80. The summed E-state index contributed by atoms with van der Waals surface area (Å²) in [5.74, 6) is -0.750. The van der Waals surface area contributed by atoms with Crippen molar-refractivity contribution in [2.45, 2.75) is 110 Å². The minimum atomic E-state index is -0.624. The van der Waals surface area contributed by atoms with E-state index in [2.05, 4.69) is 0 Å². The number of carboxylic acids is 1. The third-order valence-corrected chi connectivity index (χ3v) is 4.80. The molecule has 23 heavy (non-hydrogen) atoms. The Kier molecular flexibility index (Phi) is 17.3. The second-order valence-electron chi connectivity index (χ2n) is 6.91. The molecule has 0 rings (SSSR count). The Bertz CT molecular complexity index is 253. The van der Waals surface area contributed by atoms with Gasteiger partial charge in [0.15, 0.2) is 0 Å². The fourth-order valence-corrected chi connectivity index (χ4v) is 3.13. The van der Waals surface area contributed by atoms with E-state index in [4.69, 9.17) is 10.2 Å². The van der Waals surface area contributed by atoms with Gasteiger partial charge >= 0.3 is 5.97 Å². The molecule has 0 spiro atoms. The van der Waals surface area contributed by atoms with Crippen LogP contribution in [0.15, 0.2) is 0 Å². The maximum absolute atomic E-state index is 10.9. The molecular weight excluding hydrogens is 288 g/mol. The normalized spacial score (nSPS) is 12.4. The molecule has 0 aliphatic rings. The van der Waals surface area contributed by atoms with Gasteiger partial charge in [0.25, 0.3) is 0 Å². The first-order valence-electron chi connectivity index (χ1n) is 10.1. The van der Waals surface area contributed by atoms with Gasteiger partial charge in [-0.2, -0.15) is 0 Å². The first-order chi connectivity index (χ1) is 11.2. The number of carboxylic acid groups (broad SMARTS) is 1. The molecule has 0 fully saturated rings. The summed E-state index contributed by atoms with van der Waals surface area (Å²) < 4.78 is 0. The fraction of sp³-hybridized carbons (Fsp3) is 0.950. The molecule has 0 radical (unpaired) electrons. The molecule has 1 atom stereocenters. The largest absolute Gasteiger partial charge is 0.481 e. The minimum Gasteiger partial charge on any atom is -0.481 e. The van der Waals surface area contributed by atoms with E-state index in [1.165, 1.54) is 77.0 Å². The van der Waals surface area contributed by atoms with Gasteiger partial charge in [0, 0.05) is 6.61 Å². The van der Waals surface area contributed by atoms with Crippen LogP contribution < -0.4 is 0 Å². The van der Waals surface area contributed by atoms with E-state index in [1.807, 2.05) is 6.92 Å². The molecule has 0 aromatic rings. The van der Waals surface area contributed by atoms with Crippen LogP contribution in [0.5, 0.6) is 0 Å². The van der Waals surface area contributed by atoms with Gasteiger partial charge in [-0.15, -0.1) is 0 Å². The summed E-state index contributed by atoms with van der Waals surface area (Å²) in [6, 6.07) is 0. The molecule has 138 valence electrons. The Morgan fingerprint density at radius 1 is 0.696 bits per heavy atom. The van der Waals surface area contributed by atoms with Crippen LogP contribution in [0.3, 0.4) is 0 Å². The zero-order chi connectivity index (χ0) is 17.2. The molecule has 0 aliphatic heterocycles. The average Bonchev–Trinajstić information content (AvgIpc) is 2.54. The Labute approximate surface area is 143 Å². The molecule has 0 aromatic carbocycles. The van der Waals surface area contributed by atoms with Crippen molar-refractivity contribution in [3.63, 3.8) is 0 Å². The van der Waals surface area contributed by atoms with Gasteiger partial charge in [-0.1, -0.05) is 90.4 Å². The summed E-state index contributed by atoms with van der Waals surface area (Å²) in [5, 5.41) is 17.7. The molecule has 0 amide bonds. The summed E-state index contributed by atoms with van der Waals surface area (Å²) in [4.78, 5) is 10.9. The topological polar surface area (TPSA) is 57.5 Å². The van der Waals surface area contributed by atoms with Crippen molar-refractivity contribution in [1.29, 1.82) is 0 Å². The number of hydrogen-bond acceptors (Lipinski definition) is 2. The number of aliphatic carboxylic acids is 1. The number of aliphatic hydroxyl groups excluding tert-OH is 1. The van der Waals surface area contributed by atoms with E-state index < -0.39 is 5.97 Å². The van der Waals surface area contributed by atoms with Crippen LogP contribution in [-0.2, 0) is 4.79 Å². The van der Waals surface area contributed by atoms with Gasteiger partial charge in [0.05, 0.1) is 5.92 Å². The molecule has 0 aliphatic carbocycles. The van der Waals surface area contributed by atoms with E-state index >= 15 is 0 Å². The smallest absolute Gasteiger partial charge is 0.306 e. The van der Waals surface area contributed by atoms with Gasteiger partial charge in [0.1, 0.15) is 0 Å². The van der Waals surface area contributed by atoms with Gasteiger partial charge in [0.2, 0.25) is 0 Å². The summed E-state index contributed by atoms with van der Waals surface area (Å²) in [6.45, 7) is 2.31. The lowest BCUT2D eigenvalue weighted by Gasteiger charge is -2.08. The number of carbonyl (C=O) groups is 1. The molecule has 0 bridgehead atoms. The van der Waals surface area contributed by atoms with Crippen LogP contribution >= 0.6 is 0 Å². The summed E-state index contributed by atoms with van der Waals surface area (Å²) >= 11 is 0. The van der Waals surface area contributed by atoms with Crippen molar-refractivity contribution < 1.29 is 15.0 Å². The van der Waals surface area contributed by atoms with Crippen molar-refractivity contribution in [2.75, 3.05) is 6.61 Å². The number of rotatable bonds is 18. The summed E-state index contributed by atoms with van der Waals surface area (Å²) in [5.41, 5.74) is 0. The van der Waals surface area contributed by atoms with Crippen LogP contribution in [0.4, 0.5) is 0 Å². The Morgan fingerprint density at radius 3 is 1.35 bits per heavy atom. The molecule has 0 saturated heterocycles. The van der Waals surface area contributed by atoms with Crippen molar-refractivity contribution in [3.8, 4) is 0 Å². The van der Waals surface area contributed by atoms with E-state index in [0.717, 1.165) is 25.7 Å². The standard InChI is InChI=1S/C20H40O3/c1-2-19(20(22)23)17-15-13-11-9-7-5-3-4-6-8-10-12-14-16-18-21/h19,21H,2-18H2,1H3,(H,22,23). The first kappa shape index (κ1) is 22.4. The zero-order valence-electron chi connectivity index (χ0n) is 15.4. The zero-order valence-corrected chi connectivity index (χ0v) is 15.4. The van der Waals surface area contributed by atoms with E-state index in [1.54, 1.807) is 0 Å². The van der Waals surface area contributed by atoms with E-state index in [0.29, 0.717) is 6.61 Å². The molecule has 0 saturated carbocycles. The molecule has 2 N–H and O–H groups in total. The quantitative estimate of drug-likeness (QED) is 0.306. The number of unbranched alkanes of at least 4 members (excludes halogenated alkanes) is 13. The molecule has 1 unspecified atom stereocenters. The van der Waals surface area contributed by atoms with Crippen LogP contribution in [0.2, 0.25) is 0 Å². The van der Waals surface area contributed by atoms with Crippen molar-refractivity contribution in [3.05, 3.63) is 0 Å². The molecule has 0 heterocycles. The predicted octanol–water partition coefficient (Wildman–Crippen LogP) is 5.94. The van der Waals surface area contributed by atoms with Gasteiger partial charge < -0.3 is 10.2 Å². The fourth-order valence-electron chi connectivity index (χ4n) is 3.13. The van der Waals surface area contributed by atoms with Crippen molar-refractivity contribution >= 4 is 5.97 Å². The summed E-state index contributed by atoms with van der Waals surface area (Å²) in [6.07, 6.45) is 19.4. The molecular formula is C20H40O3. The minimum absolute atomic E-state index is 0.126. The van der Waals surface area contributed by atoms with Crippen molar-refractivity contribution in [2.24, 2.45) is 5.92 Å². The van der Waals surface area contributed by atoms with Gasteiger partial charge in [-0.05, 0) is 19.3 Å². The Morgan fingerprint density at radius 2 is 1.04 bits per heavy atom. The van der Waals surface area contributed by atoms with E-state index in [9.17, 15) is 4.79 Å². The Balaban J connectivity index is 3.12. The SMILES string of the molecule is CCC(CCCCCCCCCCCCCCCCO)C(=O)O. The number of hydrogen-bond donors (Lipinski definition) is 2. The van der Waals surface area contributed by atoms with Crippen molar-refractivity contribution in [1.82, 2.24) is 0 Å². The molecule has 0 aromatic heterocycles. The average molecular weight is 329 g/mol. The number of aliphatic hydroxyl groups is 1. The third kappa shape index (κ3) is 16.1. The maximum atomic E-state index is 10.9. The van der Waals surface area contributed by atoms with Crippen LogP contribution in [0.25, 0.3) is 0 Å². The van der Waals surface area contributed by atoms with E-state index in [-0.39, 0.29) is 5.92 Å². The van der Waals surface area contributed by atoms with Crippen LogP contribution in [0, 0.1) is 5.92 Å². The lowest BCUT2D eigenvalue weighted by molar-refractivity contribution is -0.142. The monoisotopic (exact) mass is 328 g/mol. The molecule has 3 heteroatoms. The second kappa shape index (κ2) is 17.8. The predicted molar refractivity (Wildman–Crippen MR) is 97.8 cm³/mol. The Hall–Kier alpha value is -0.570. The molecule has 3 nitrogen and oxygen atoms in total. The lowest BCUT2D eigenvalue weighted by atomic mass is 9.98. The second-order valence-corrected chi connectivity index (χ2v) is 6.91. The van der Waals surface area contributed by atoms with Gasteiger partial charge in [-0.3, -0.25) is 4.79 Å².